The number of nitrogens with zero attached hydrogens (tertiary/aromatic N) is 1. The molecule has 1 aliphatic heterocycles. The molecule has 3 rings (SSSR count). The van der Waals surface area contributed by atoms with E-state index in [0.717, 1.165) is 5.56 Å². The number of hydrogen-bond donors (Lipinski definition) is 1. The lowest BCUT2D eigenvalue weighted by Crippen LogP contribution is -2.19. The van der Waals surface area contributed by atoms with Gasteiger partial charge in [0.1, 0.15) is 0 Å². The van der Waals surface area contributed by atoms with Crippen LogP contribution in [0.3, 0.4) is 0 Å². The van der Waals surface area contributed by atoms with Crippen molar-refractivity contribution in [2.24, 2.45) is 5.10 Å². The Balaban J connectivity index is 1.81. The lowest BCUT2D eigenvalue weighted by Gasteiger charge is -2.07. The zero-order valence-corrected chi connectivity index (χ0v) is 14.6. The van der Waals surface area contributed by atoms with E-state index in [2.05, 4.69) is 9.93 Å². The van der Waals surface area contributed by atoms with Crippen molar-refractivity contribution in [3.63, 3.8) is 0 Å². The van der Waals surface area contributed by atoms with Crippen molar-refractivity contribution in [2.75, 3.05) is 6.79 Å². The van der Waals surface area contributed by atoms with Crippen molar-refractivity contribution in [1.29, 1.82) is 0 Å². The largest absolute Gasteiger partial charge is 0.454 e. The molecule has 6 nitrogen and oxygen atoms in total. The van der Waals surface area contributed by atoms with Crippen LogP contribution < -0.4 is 14.3 Å². The van der Waals surface area contributed by atoms with Crippen molar-refractivity contribution >= 4 is 27.8 Å². The zero-order chi connectivity index (χ0) is 17.3. The van der Waals surface area contributed by atoms with Gasteiger partial charge in [-0.2, -0.15) is 13.5 Å². The minimum Gasteiger partial charge on any atom is -0.454 e. The molecule has 0 unspecified atom stereocenters. The highest BCUT2D eigenvalue weighted by atomic mass is 35.5. The number of sulfonamides is 1. The molecule has 126 valence electrons. The maximum Gasteiger partial charge on any atom is 0.276 e. The van der Waals surface area contributed by atoms with Crippen molar-refractivity contribution in [1.82, 2.24) is 4.83 Å². The Morgan fingerprint density at radius 3 is 2.79 bits per heavy atom. The van der Waals surface area contributed by atoms with Crippen LogP contribution in [0.4, 0.5) is 0 Å². The van der Waals surface area contributed by atoms with E-state index in [1.165, 1.54) is 6.21 Å². The van der Waals surface area contributed by atoms with Gasteiger partial charge in [0.05, 0.1) is 16.1 Å². The van der Waals surface area contributed by atoms with Gasteiger partial charge in [-0.1, -0.05) is 23.7 Å². The van der Waals surface area contributed by atoms with Crippen LogP contribution >= 0.6 is 11.6 Å². The highest BCUT2D eigenvalue weighted by Gasteiger charge is 2.18. The highest BCUT2D eigenvalue weighted by Crippen LogP contribution is 2.39. The number of benzene rings is 2. The topological polar surface area (TPSA) is 77.0 Å². The number of rotatable bonds is 4. The van der Waals surface area contributed by atoms with Gasteiger partial charge in [0.25, 0.3) is 10.0 Å². The Morgan fingerprint density at radius 1 is 1.21 bits per heavy atom. The Labute approximate surface area is 145 Å². The van der Waals surface area contributed by atoms with Gasteiger partial charge in [0, 0.05) is 0 Å². The normalized spacial score (nSPS) is 13.5. The number of ether oxygens (including phenoxy) is 2. The number of hydrazone groups is 1. The Hall–Kier alpha value is -2.25. The summed E-state index contributed by atoms with van der Waals surface area (Å²) in [4.78, 5) is 2.40. The predicted molar refractivity (Wildman–Crippen MR) is 91.4 cm³/mol. The monoisotopic (exact) mass is 366 g/mol. The van der Waals surface area contributed by atoms with Gasteiger partial charge < -0.3 is 9.47 Å². The molecule has 0 radical (unpaired) electrons. The van der Waals surface area contributed by atoms with Gasteiger partial charge in [0.15, 0.2) is 11.5 Å². The molecule has 0 fully saturated rings. The summed E-state index contributed by atoms with van der Waals surface area (Å²) < 4.78 is 35.2. The number of nitrogens with one attached hydrogen (secondary N) is 1. The van der Waals surface area contributed by atoms with Crippen LogP contribution in [0.5, 0.6) is 11.5 Å². The molecule has 0 saturated heterocycles. The first-order valence-electron chi connectivity index (χ1n) is 7.08. The fourth-order valence-corrected chi connectivity index (χ4v) is 3.67. The molecule has 0 amide bonds. The SMILES string of the molecule is Cc1ccc(C)c(S(=O)(=O)N/N=C\c2cc(Cl)c3c(c2)OCO3)c1. The molecule has 0 aliphatic carbocycles. The maximum atomic E-state index is 12.4. The van der Waals surface area contributed by atoms with Crippen molar-refractivity contribution < 1.29 is 17.9 Å². The van der Waals surface area contributed by atoms with Gasteiger partial charge >= 0.3 is 0 Å². The summed E-state index contributed by atoms with van der Waals surface area (Å²) in [6.45, 7) is 3.67. The molecule has 0 aromatic heterocycles. The van der Waals surface area contributed by atoms with Crippen molar-refractivity contribution in [3.05, 3.63) is 52.0 Å². The van der Waals surface area contributed by atoms with E-state index in [0.29, 0.717) is 27.6 Å². The summed E-state index contributed by atoms with van der Waals surface area (Å²) in [7, 11) is -3.74. The van der Waals surface area contributed by atoms with Crippen molar-refractivity contribution in [2.45, 2.75) is 18.7 Å². The van der Waals surface area contributed by atoms with Gasteiger partial charge in [-0.3, -0.25) is 0 Å². The summed E-state index contributed by atoms with van der Waals surface area (Å²) in [5.41, 5.74) is 2.09. The molecule has 0 saturated carbocycles. The van der Waals surface area contributed by atoms with E-state index in [-0.39, 0.29) is 11.7 Å². The van der Waals surface area contributed by atoms with Crippen LogP contribution in [0.25, 0.3) is 0 Å². The minimum atomic E-state index is -3.74. The first kappa shape index (κ1) is 16.6. The molecular formula is C16H15ClN2O4S. The predicted octanol–water partition coefficient (Wildman–Crippen LogP) is 3.00. The van der Waals surface area contributed by atoms with Gasteiger partial charge in [-0.25, -0.2) is 4.83 Å². The molecule has 24 heavy (non-hydrogen) atoms. The third-order valence-electron chi connectivity index (χ3n) is 3.47. The molecule has 0 bridgehead atoms. The smallest absolute Gasteiger partial charge is 0.276 e. The summed E-state index contributed by atoms with van der Waals surface area (Å²) in [6.07, 6.45) is 1.36. The first-order valence-corrected chi connectivity index (χ1v) is 8.94. The van der Waals surface area contributed by atoms with E-state index in [1.807, 2.05) is 13.0 Å². The van der Waals surface area contributed by atoms with E-state index < -0.39 is 10.0 Å². The second kappa shape index (κ2) is 6.33. The average Bonchev–Trinajstić information content (AvgIpc) is 2.98. The number of halogens is 1. The Bertz CT molecular complexity index is 926. The lowest BCUT2D eigenvalue weighted by molar-refractivity contribution is 0.174. The Morgan fingerprint density at radius 2 is 2.00 bits per heavy atom. The van der Waals surface area contributed by atoms with E-state index in [4.69, 9.17) is 21.1 Å². The molecule has 1 heterocycles. The van der Waals surface area contributed by atoms with Gasteiger partial charge in [-0.05, 0) is 48.7 Å². The van der Waals surface area contributed by atoms with Crippen LogP contribution in [0.2, 0.25) is 5.02 Å². The molecule has 2 aromatic carbocycles. The summed E-state index contributed by atoms with van der Waals surface area (Å²) >= 11 is 6.07. The number of fused-ring (bicyclic) bond motifs is 1. The summed E-state index contributed by atoms with van der Waals surface area (Å²) in [5.74, 6) is 0.978. The van der Waals surface area contributed by atoms with Gasteiger partial charge in [-0.15, -0.1) is 0 Å². The minimum absolute atomic E-state index is 0.106. The van der Waals surface area contributed by atoms with Crippen LogP contribution in [-0.2, 0) is 10.0 Å². The number of hydrogen-bond acceptors (Lipinski definition) is 5. The maximum absolute atomic E-state index is 12.4. The third-order valence-corrected chi connectivity index (χ3v) is 5.11. The second-order valence-corrected chi connectivity index (χ2v) is 7.39. The zero-order valence-electron chi connectivity index (χ0n) is 13.0. The average molecular weight is 367 g/mol. The van der Waals surface area contributed by atoms with Gasteiger partial charge in [0.2, 0.25) is 6.79 Å². The first-order chi connectivity index (χ1) is 11.4. The van der Waals surface area contributed by atoms with E-state index in [9.17, 15) is 8.42 Å². The second-order valence-electron chi connectivity index (χ2n) is 5.36. The summed E-state index contributed by atoms with van der Waals surface area (Å²) in [6, 6.07) is 8.50. The molecule has 8 heteroatoms. The van der Waals surface area contributed by atoms with Crippen LogP contribution in [0.15, 0.2) is 40.3 Å². The number of aryl methyl sites for hydroxylation is 2. The van der Waals surface area contributed by atoms with Crippen LogP contribution in [0.1, 0.15) is 16.7 Å². The molecule has 0 atom stereocenters. The summed E-state index contributed by atoms with van der Waals surface area (Å²) in [5, 5.41) is 4.19. The molecule has 1 aliphatic rings. The third kappa shape index (κ3) is 3.32. The molecule has 0 spiro atoms. The Kier molecular flexibility index (Phi) is 4.38. The quantitative estimate of drug-likeness (QED) is 0.666. The standard InChI is InChI=1S/C16H15ClN2O4S/c1-10-3-4-11(2)15(5-10)24(20,21)19-18-8-12-6-13(17)16-14(7-12)22-9-23-16/h3-8,19H,9H2,1-2H3/b18-8-. The highest BCUT2D eigenvalue weighted by molar-refractivity contribution is 7.89. The van der Waals surface area contributed by atoms with E-state index in [1.54, 1.807) is 31.2 Å². The van der Waals surface area contributed by atoms with E-state index >= 15 is 0 Å². The molecule has 2 aromatic rings. The molecular weight excluding hydrogens is 352 g/mol. The van der Waals surface area contributed by atoms with Crippen molar-refractivity contribution in [3.8, 4) is 11.5 Å². The van der Waals surface area contributed by atoms with Crippen LogP contribution in [-0.4, -0.2) is 21.4 Å². The fourth-order valence-electron chi connectivity index (χ4n) is 2.28. The fraction of sp³-hybridized carbons (Fsp3) is 0.188. The van der Waals surface area contributed by atoms with Crippen LogP contribution in [0, 0.1) is 13.8 Å². The lowest BCUT2D eigenvalue weighted by atomic mass is 10.2. The molecule has 1 N–H and O–H groups in total.